The summed E-state index contributed by atoms with van der Waals surface area (Å²) in [5.74, 6) is -0.00395. The predicted molar refractivity (Wildman–Crippen MR) is 70.4 cm³/mol. The van der Waals surface area contributed by atoms with Gasteiger partial charge < -0.3 is 38.9 Å². The quantitative estimate of drug-likeness (QED) is 0.228. The Kier molecular flexibility index (Phi) is 25.3. The molecule has 0 bridgehead atoms. The summed E-state index contributed by atoms with van der Waals surface area (Å²) >= 11 is 0. The summed E-state index contributed by atoms with van der Waals surface area (Å²) in [4.78, 5) is 4.16. The Labute approximate surface area is 135 Å². The van der Waals surface area contributed by atoms with Crippen LogP contribution in [0.2, 0.25) is 0 Å². The zero-order valence-corrected chi connectivity index (χ0v) is 13.0. The molecule has 0 saturated heterocycles. The summed E-state index contributed by atoms with van der Waals surface area (Å²) in [6.07, 6.45) is 2.48. The number of nitrogens with zero attached hydrogens (tertiary/aromatic N) is 1. The molecule has 0 spiro atoms. The van der Waals surface area contributed by atoms with Crippen molar-refractivity contribution in [3.63, 3.8) is 0 Å². The minimum atomic E-state index is -0.0905. The Bertz CT molecular complexity index is 343. The summed E-state index contributed by atoms with van der Waals surface area (Å²) in [5, 5.41) is 24.4. The molecule has 0 heterocycles. The fraction of sp³-hybridized carbons (Fsp3) is 0.417. The molecule has 0 saturated carbocycles. The van der Waals surface area contributed by atoms with Crippen LogP contribution in [0.25, 0.3) is 0 Å². The minimum absolute atomic E-state index is 0. The van der Waals surface area contributed by atoms with Gasteiger partial charge in [0.1, 0.15) is 0 Å². The number of hydrogen-bond acceptors (Lipinski definition) is 4. The zero-order chi connectivity index (χ0) is 11.6. The van der Waals surface area contributed by atoms with Crippen LogP contribution in [0.4, 0.5) is 0 Å². The number of para-hydroxylation sites is 1. The third-order valence-corrected chi connectivity index (χ3v) is 2.07. The Morgan fingerprint density at radius 2 is 1.80 bits per heavy atom. The van der Waals surface area contributed by atoms with Crippen LogP contribution in [0.3, 0.4) is 0 Å². The molecular weight excluding hydrogens is 327 g/mol. The monoisotopic (exact) mass is 348 g/mol. The van der Waals surface area contributed by atoms with Gasteiger partial charge in [0.25, 0.3) is 0 Å². The molecule has 0 fully saturated rings. The molecule has 0 radical (unpaired) electrons. The van der Waals surface area contributed by atoms with Gasteiger partial charge >= 0.3 is 17.1 Å². The summed E-state index contributed by atoms with van der Waals surface area (Å²) in [6.45, 7) is 1.87. The third-order valence-electron chi connectivity index (χ3n) is 2.07. The van der Waals surface area contributed by atoms with E-state index in [-0.39, 0.29) is 52.8 Å². The number of benzene rings is 1. The van der Waals surface area contributed by atoms with E-state index >= 15 is 0 Å². The number of aliphatic imine (C=N–C) groups is 1. The van der Waals surface area contributed by atoms with Crippen molar-refractivity contribution in [1.29, 1.82) is 0 Å². The summed E-state index contributed by atoms with van der Waals surface area (Å²) in [7, 11) is 0. The Hall–Kier alpha value is -0.661. The van der Waals surface area contributed by atoms with Crippen LogP contribution in [-0.4, -0.2) is 32.5 Å². The fourth-order valence-corrected chi connectivity index (χ4v) is 1.24. The van der Waals surface area contributed by atoms with E-state index in [0.717, 1.165) is 13.0 Å². The normalized spacial score (nSPS) is 8.85. The van der Waals surface area contributed by atoms with Crippen molar-refractivity contribution in [2.45, 2.75) is 6.42 Å². The molecule has 0 aliphatic carbocycles. The van der Waals surface area contributed by atoms with Gasteiger partial charge in [-0.2, -0.15) is 0 Å². The van der Waals surface area contributed by atoms with Gasteiger partial charge in [-0.3, -0.25) is 4.99 Å². The molecule has 1 aromatic carbocycles. The van der Waals surface area contributed by atoms with Crippen LogP contribution >= 0.6 is 0 Å². The fourth-order valence-electron chi connectivity index (χ4n) is 1.24. The second-order valence-electron chi connectivity index (χ2n) is 3.38. The molecule has 1 aromatic rings. The van der Waals surface area contributed by atoms with Gasteiger partial charge in [-0.25, -0.2) is 0 Å². The first-order chi connectivity index (χ1) is 7.84. The molecule has 0 aliphatic heterocycles. The second kappa shape index (κ2) is 18.3. The zero-order valence-electron chi connectivity index (χ0n) is 11.1. The largest absolute Gasteiger partial charge is 3.00 e. The van der Waals surface area contributed by atoms with E-state index in [9.17, 15) is 10.2 Å². The number of rotatable bonds is 7. The number of halogens is 1. The average molecular weight is 349 g/mol. The van der Waals surface area contributed by atoms with Gasteiger partial charge in [-0.05, 0) is 25.1 Å². The van der Waals surface area contributed by atoms with E-state index in [0.29, 0.717) is 18.7 Å². The third kappa shape index (κ3) is 12.4. The first-order valence-electron chi connectivity index (χ1n) is 5.39. The van der Waals surface area contributed by atoms with Crippen molar-refractivity contribution in [2.75, 3.05) is 26.2 Å². The van der Waals surface area contributed by atoms with E-state index in [1.807, 2.05) is 6.07 Å². The van der Waals surface area contributed by atoms with Gasteiger partial charge in [0.05, 0.1) is 0 Å². The molecule has 116 valence electrons. The van der Waals surface area contributed by atoms with E-state index in [2.05, 4.69) is 10.3 Å². The predicted octanol–water partition coefficient (Wildman–Crippen LogP) is -5.32. The van der Waals surface area contributed by atoms with Crippen LogP contribution in [-0.2, 0) is 28.0 Å². The Balaban J connectivity index is -0.000000320. The molecule has 6 nitrogen and oxygen atoms in total. The standard InChI is InChI=1S/C12H17N2O2.ClH.Mn.2H2O/c15-9-8-13-6-3-7-14-10-11-4-1-2-5-12(11)16;;;;/h1-2,4-5,10,13,16H,3,6-9H2;1H;;2*1H2/q-1;;+3;;. The molecule has 0 unspecified atom stereocenters. The van der Waals surface area contributed by atoms with E-state index < -0.39 is 0 Å². The second-order valence-corrected chi connectivity index (χ2v) is 3.38. The minimum Gasteiger partial charge on any atom is -1.00 e. The Morgan fingerprint density at radius 1 is 1.15 bits per heavy atom. The van der Waals surface area contributed by atoms with Crippen LogP contribution in [0.15, 0.2) is 29.3 Å². The number of hydrogen-bond donors (Lipinski definition) is 1. The maximum atomic E-state index is 11.3. The van der Waals surface area contributed by atoms with E-state index in [4.69, 9.17) is 0 Å². The molecule has 0 aliphatic rings. The van der Waals surface area contributed by atoms with E-state index in [1.165, 1.54) is 6.07 Å². The van der Waals surface area contributed by atoms with Crippen LogP contribution in [0, 0.1) is 0 Å². The molecule has 20 heavy (non-hydrogen) atoms. The average Bonchev–Trinajstić information content (AvgIpc) is 2.30. The van der Waals surface area contributed by atoms with Crippen LogP contribution in [0.5, 0.6) is 5.75 Å². The van der Waals surface area contributed by atoms with Crippen molar-refractivity contribution in [1.82, 2.24) is 5.32 Å². The van der Waals surface area contributed by atoms with Crippen molar-refractivity contribution in [2.24, 2.45) is 4.99 Å². The number of nitrogens with one attached hydrogen (secondary N) is 1. The molecule has 0 amide bonds. The van der Waals surface area contributed by atoms with Crippen LogP contribution in [0.1, 0.15) is 12.0 Å². The smallest absolute Gasteiger partial charge is 1.00 e. The molecule has 0 aromatic heterocycles. The van der Waals surface area contributed by atoms with Crippen molar-refractivity contribution < 1.29 is 50.6 Å². The van der Waals surface area contributed by atoms with Crippen LogP contribution < -0.4 is 27.9 Å². The molecule has 8 heteroatoms. The van der Waals surface area contributed by atoms with Gasteiger partial charge in [-0.15, -0.1) is 12.4 Å². The SMILES string of the molecule is [Cl-].[Mn+3].[O-]CCNCCCN=Cc1ccccc1[O-].[OH3+].[OH3+]. The molecule has 0 atom stereocenters. The van der Waals surface area contributed by atoms with Crippen molar-refractivity contribution in [3.8, 4) is 5.75 Å². The van der Waals surface area contributed by atoms with Crippen molar-refractivity contribution >= 4 is 6.21 Å². The summed E-state index contributed by atoms with van der Waals surface area (Å²) in [6, 6.07) is 6.81. The van der Waals surface area contributed by atoms with Gasteiger partial charge in [0, 0.05) is 12.8 Å². The van der Waals surface area contributed by atoms with Gasteiger partial charge in [0.15, 0.2) is 0 Å². The topological polar surface area (TPSA) is 137 Å². The summed E-state index contributed by atoms with van der Waals surface area (Å²) < 4.78 is 0. The van der Waals surface area contributed by atoms with E-state index in [1.54, 1.807) is 18.3 Å². The van der Waals surface area contributed by atoms with Gasteiger partial charge in [0.2, 0.25) is 0 Å². The van der Waals surface area contributed by atoms with Crippen molar-refractivity contribution in [3.05, 3.63) is 29.8 Å². The maximum absolute atomic E-state index is 11.3. The summed E-state index contributed by atoms with van der Waals surface area (Å²) in [5.41, 5.74) is 0.620. The Morgan fingerprint density at radius 3 is 2.40 bits per heavy atom. The maximum Gasteiger partial charge on any atom is 3.00 e. The molecular formula is C12H22ClMnN2O4+2. The first kappa shape index (κ1) is 27.6. The van der Waals surface area contributed by atoms with Gasteiger partial charge in [-0.1, -0.05) is 24.3 Å². The molecule has 7 N–H and O–H groups in total. The first-order valence-corrected chi connectivity index (χ1v) is 5.39. The molecule has 1 rings (SSSR count).